The summed E-state index contributed by atoms with van der Waals surface area (Å²) < 4.78 is 1.24. The first-order valence-corrected chi connectivity index (χ1v) is 9.46. The SMILES string of the molecule is Cn1nc(CC(=O)N2[C@H](C(=O)O)C[C@H]3CCCC[C@@H]32)c2ccccc2c1=O. The predicted molar refractivity (Wildman–Crippen MR) is 99.3 cm³/mol. The first-order valence-electron chi connectivity index (χ1n) is 9.46. The number of amides is 1. The van der Waals surface area contributed by atoms with Crippen LogP contribution in [-0.2, 0) is 23.1 Å². The molecule has 1 N–H and O–H groups in total. The van der Waals surface area contributed by atoms with Gasteiger partial charge in [-0.3, -0.25) is 9.59 Å². The van der Waals surface area contributed by atoms with Gasteiger partial charge < -0.3 is 10.0 Å². The Morgan fingerprint density at radius 2 is 1.89 bits per heavy atom. The second-order valence-electron chi connectivity index (χ2n) is 7.60. The van der Waals surface area contributed by atoms with Crippen LogP contribution in [0.4, 0.5) is 0 Å². The molecule has 2 aromatic rings. The standard InChI is InChI=1S/C20H23N3O4/c1-22-19(25)14-8-4-3-7-13(14)15(21-22)11-18(24)23-16-9-5-2-6-12(16)10-17(23)20(26)27/h3-4,7-8,12,16-17H,2,5-6,9-11H2,1H3,(H,26,27)/t12-,16+,17+/m1/s1. The molecule has 27 heavy (non-hydrogen) atoms. The molecular weight excluding hydrogens is 346 g/mol. The van der Waals surface area contributed by atoms with Gasteiger partial charge in [-0.25, -0.2) is 9.48 Å². The zero-order chi connectivity index (χ0) is 19.1. The van der Waals surface area contributed by atoms with E-state index in [0.29, 0.717) is 22.9 Å². The Hall–Kier alpha value is -2.70. The second kappa shape index (κ2) is 6.79. The summed E-state index contributed by atoms with van der Waals surface area (Å²) in [7, 11) is 1.57. The lowest BCUT2D eigenvalue weighted by Gasteiger charge is -2.33. The van der Waals surface area contributed by atoms with E-state index in [0.717, 1.165) is 25.7 Å². The second-order valence-corrected chi connectivity index (χ2v) is 7.60. The van der Waals surface area contributed by atoms with Gasteiger partial charge in [-0.15, -0.1) is 0 Å². The summed E-state index contributed by atoms with van der Waals surface area (Å²) >= 11 is 0. The number of carboxylic acid groups (broad SMARTS) is 1. The Balaban J connectivity index is 1.69. The lowest BCUT2D eigenvalue weighted by Crippen LogP contribution is -2.47. The van der Waals surface area contributed by atoms with E-state index in [2.05, 4.69) is 5.10 Å². The van der Waals surface area contributed by atoms with Crippen LogP contribution in [0.5, 0.6) is 0 Å². The Morgan fingerprint density at radius 3 is 2.63 bits per heavy atom. The molecule has 7 heteroatoms. The first kappa shape index (κ1) is 17.7. The van der Waals surface area contributed by atoms with Gasteiger partial charge in [0.25, 0.3) is 5.56 Å². The molecule has 142 valence electrons. The zero-order valence-corrected chi connectivity index (χ0v) is 15.3. The maximum atomic E-state index is 13.2. The molecule has 0 spiro atoms. The summed E-state index contributed by atoms with van der Waals surface area (Å²) in [6.45, 7) is 0. The Bertz CT molecular complexity index is 967. The summed E-state index contributed by atoms with van der Waals surface area (Å²) in [6, 6.07) is 6.35. The summed E-state index contributed by atoms with van der Waals surface area (Å²) in [4.78, 5) is 38.8. The monoisotopic (exact) mass is 369 g/mol. The normalized spacial score (nSPS) is 24.8. The Kier molecular flexibility index (Phi) is 4.45. The van der Waals surface area contributed by atoms with Gasteiger partial charge in [0.15, 0.2) is 0 Å². The van der Waals surface area contributed by atoms with Crippen LogP contribution in [0.15, 0.2) is 29.1 Å². The number of aryl methyl sites for hydroxylation is 1. The van der Waals surface area contributed by atoms with Crippen LogP contribution in [-0.4, -0.2) is 43.7 Å². The molecule has 7 nitrogen and oxygen atoms in total. The van der Waals surface area contributed by atoms with Gasteiger partial charge in [-0.1, -0.05) is 31.0 Å². The number of fused-ring (bicyclic) bond motifs is 2. The zero-order valence-electron chi connectivity index (χ0n) is 15.3. The van der Waals surface area contributed by atoms with Crippen molar-refractivity contribution in [2.45, 2.75) is 50.6 Å². The van der Waals surface area contributed by atoms with Crippen LogP contribution in [0.2, 0.25) is 0 Å². The molecule has 0 bridgehead atoms. The topological polar surface area (TPSA) is 92.5 Å². The quantitative estimate of drug-likeness (QED) is 0.889. The van der Waals surface area contributed by atoms with E-state index in [-0.39, 0.29) is 29.8 Å². The Labute approximate surface area is 156 Å². The maximum Gasteiger partial charge on any atom is 0.326 e. The fraction of sp³-hybridized carbons (Fsp3) is 0.500. The van der Waals surface area contributed by atoms with E-state index in [9.17, 15) is 19.5 Å². The third kappa shape index (κ3) is 3.01. The highest BCUT2D eigenvalue weighted by Gasteiger charge is 2.47. The number of carbonyl (C=O) groups excluding carboxylic acids is 1. The molecule has 1 aliphatic carbocycles. The molecule has 4 rings (SSSR count). The molecule has 1 saturated heterocycles. The molecule has 1 amide bonds. The highest BCUT2D eigenvalue weighted by atomic mass is 16.4. The summed E-state index contributed by atoms with van der Waals surface area (Å²) in [5.74, 6) is -0.877. The summed E-state index contributed by atoms with van der Waals surface area (Å²) in [6.07, 6.45) is 4.51. The molecule has 2 fully saturated rings. The minimum atomic E-state index is -0.934. The minimum absolute atomic E-state index is 0.00162. The number of nitrogens with zero attached hydrogens (tertiary/aromatic N) is 3. The molecule has 1 saturated carbocycles. The minimum Gasteiger partial charge on any atom is -0.480 e. The third-order valence-corrected chi connectivity index (χ3v) is 6.01. The van der Waals surface area contributed by atoms with Gasteiger partial charge >= 0.3 is 5.97 Å². The molecule has 0 radical (unpaired) electrons. The van der Waals surface area contributed by atoms with Crippen LogP contribution >= 0.6 is 0 Å². The van der Waals surface area contributed by atoms with Crippen molar-refractivity contribution in [1.29, 1.82) is 0 Å². The van der Waals surface area contributed by atoms with Gasteiger partial charge in [-0.2, -0.15) is 5.10 Å². The van der Waals surface area contributed by atoms with Crippen LogP contribution < -0.4 is 5.56 Å². The molecule has 0 unspecified atom stereocenters. The van der Waals surface area contributed by atoms with E-state index in [4.69, 9.17) is 0 Å². The molecule has 3 atom stereocenters. The number of benzene rings is 1. The highest BCUT2D eigenvalue weighted by molar-refractivity contribution is 5.90. The van der Waals surface area contributed by atoms with Gasteiger partial charge in [0, 0.05) is 18.5 Å². The van der Waals surface area contributed by atoms with Gasteiger partial charge in [-0.05, 0) is 31.2 Å². The molecule has 2 aliphatic rings. The van der Waals surface area contributed by atoms with Crippen molar-refractivity contribution in [3.63, 3.8) is 0 Å². The number of carbonyl (C=O) groups is 2. The molecule has 2 heterocycles. The smallest absolute Gasteiger partial charge is 0.326 e. The molecule has 1 aromatic heterocycles. The number of carboxylic acids is 1. The Morgan fingerprint density at radius 1 is 1.19 bits per heavy atom. The average molecular weight is 369 g/mol. The molecular formula is C20H23N3O4. The van der Waals surface area contributed by atoms with Crippen molar-refractivity contribution < 1.29 is 14.7 Å². The number of aromatic nitrogens is 2. The predicted octanol–water partition coefficient (Wildman–Crippen LogP) is 1.72. The molecule has 1 aliphatic heterocycles. The fourth-order valence-corrected chi connectivity index (χ4v) is 4.78. The highest BCUT2D eigenvalue weighted by Crippen LogP contribution is 2.40. The largest absolute Gasteiger partial charge is 0.480 e. The average Bonchev–Trinajstić information content (AvgIpc) is 3.06. The van der Waals surface area contributed by atoms with Crippen molar-refractivity contribution in [2.24, 2.45) is 13.0 Å². The number of likely N-dealkylation sites (tertiary alicyclic amines) is 1. The van der Waals surface area contributed by atoms with Crippen molar-refractivity contribution in [1.82, 2.24) is 14.7 Å². The van der Waals surface area contributed by atoms with Crippen molar-refractivity contribution in [2.75, 3.05) is 0 Å². The van der Waals surface area contributed by atoms with E-state index in [1.165, 1.54) is 4.68 Å². The lowest BCUT2D eigenvalue weighted by molar-refractivity contribution is -0.149. The van der Waals surface area contributed by atoms with Crippen LogP contribution in [0, 0.1) is 5.92 Å². The van der Waals surface area contributed by atoms with Gasteiger partial charge in [0.2, 0.25) is 5.91 Å². The van der Waals surface area contributed by atoms with E-state index in [1.54, 1.807) is 30.1 Å². The van der Waals surface area contributed by atoms with Crippen LogP contribution in [0.25, 0.3) is 10.8 Å². The van der Waals surface area contributed by atoms with E-state index in [1.807, 2.05) is 6.07 Å². The summed E-state index contributed by atoms with van der Waals surface area (Å²) in [5, 5.41) is 15.1. The van der Waals surface area contributed by atoms with Crippen molar-refractivity contribution in [3.05, 3.63) is 40.3 Å². The fourth-order valence-electron chi connectivity index (χ4n) is 4.78. The number of hydrogen-bond donors (Lipinski definition) is 1. The first-order chi connectivity index (χ1) is 13.0. The van der Waals surface area contributed by atoms with Gasteiger partial charge in [0.05, 0.1) is 17.5 Å². The summed E-state index contributed by atoms with van der Waals surface area (Å²) in [5.41, 5.74) is 0.305. The van der Waals surface area contributed by atoms with Crippen molar-refractivity contribution in [3.8, 4) is 0 Å². The van der Waals surface area contributed by atoms with E-state index >= 15 is 0 Å². The third-order valence-electron chi connectivity index (χ3n) is 6.01. The number of aliphatic carboxylic acids is 1. The number of hydrogen-bond acceptors (Lipinski definition) is 4. The van der Waals surface area contributed by atoms with Crippen LogP contribution in [0.1, 0.15) is 37.8 Å². The lowest BCUT2D eigenvalue weighted by atomic mass is 9.84. The van der Waals surface area contributed by atoms with Crippen LogP contribution in [0.3, 0.4) is 0 Å². The number of rotatable bonds is 3. The van der Waals surface area contributed by atoms with Gasteiger partial charge in [0.1, 0.15) is 6.04 Å². The maximum absolute atomic E-state index is 13.2. The van der Waals surface area contributed by atoms with Crippen molar-refractivity contribution >= 4 is 22.6 Å². The van der Waals surface area contributed by atoms with E-state index < -0.39 is 12.0 Å². The molecule has 1 aromatic carbocycles.